The Kier molecular flexibility index (Phi) is 7.20. The highest BCUT2D eigenvalue weighted by Gasteiger charge is 2.31. The van der Waals surface area contributed by atoms with Crippen LogP contribution in [0.2, 0.25) is 0 Å². The number of carbonyl (C=O) groups is 2. The molecule has 1 atom stereocenters. The second-order valence-corrected chi connectivity index (χ2v) is 9.61. The summed E-state index contributed by atoms with van der Waals surface area (Å²) in [5.74, 6) is 0.482. The summed E-state index contributed by atoms with van der Waals surface area (Å²) in [5, 5.41) is 6.76. The molecule has 35 heavy (non-hydrogen) atoms. The molecule has 1 saturated heterocycles. The summed E-state index contributed by atoms with van der Waals surface area (Å²) in [4.78, 5) is 31.3. The number of carbonyl (C=O) groups excluding carboxylic acids is 2. The number of amides is 2. The molecule has 0 radical (unpaired) electrons. The lowest BCUT2D eigenvalue weighted by atomic mass is 9.83. The van der Waals surface area contributed by atoms with Crippen molar-refractivity contribution in [2.24, 2.45) is 5.92 Å². The highest BCUT2D eigenvalue weighted by molar-refractivity contribution is 5.96. The predicted octanol–water partition coefficient (Wildman–Crippen LogP) is 3.68. The molecular formula is C27H34N4O4. The van der Waals surface area contributed by atoms with Crippen LogP contribution in [0.3, 0.4) is 0 Å². The summed E-state index contributed by atoms with van der Waals surface area (Å²) >= 11 is 0. The average molecular weight is 479 g/mol. The molecule has 1 aliphatic carbocycles. The number of ether oxygens (including phenoxy) is 1. The van der Waals surface area contributed by atoms with E-state index in [1.807, 2.05) is 18.2 Å². The highest BCUT2D eigenvalue weighted by Crippen LogP contribution is 2.29. The van der Waals surface area contributed by atoms with Gasteiger partial charge in [-0.25, -0.2) is 0 Å². The van der Waals surface area contributed by atoms with E-state index in [9.17, 15) is 9.59 Å². The van der Waals surface area contributed by atoms with Gasteiger partial charge in [0.1, 0.15) is 11.8 Å². The summed E-state index contributed by atoms with van der Waals surface area (Å²) in [6, 6.07) is 11.2. The van der Waals surface area contributed by atoms with E-state index in [4.69, 9.17) is 9.15 Å². The second-order valence-electron chi connectivity index (χ2n) is 9.61. The number of benzene rings is 1. The zero-order valence-corrected chi connectivity index (χ0v) is 20.3. The maximum Gasteiger partial charge on any atom is 0.287 e. The monoisotopic (exact) mass is 478 g/mol. The predicted molar refractivity (Wildman–Crippen MR) is 134 cm³/mol. The summed E-state index contributed by atoms with van der Waals surface area (Å²) in [7, 11) is 1.61. The maximum absolute atomic E-state index is 13.0. The van der Waals surface area contributed by atoms with Gasteiger partial charge in [0.25, 0.3) is 5.91 Å². The van der Waals surface area contributed by atoms with Gasteiger partial charge < -0.3 is 24.8 Å². The number of likely N-dealkylation sites (N-methyl/N-ethyl adjacent to an activating group) is 1. The molecule has 3 aromatic rings. The summed E-state index contributed by atoms with van der Waals surface area (Å²) in [5.41, 5.74) is 3.10. The van der Waals surface area contributed by atoms with Crippen LogP contribution in [-0.2, 0) is 16.1 Å². The molecule has 1 aromatic carbocycles. The molecule has 8 nitrogen and oxygen atoms in total. The number of morpholine rings is 1. The fourth-order valence-corrected chi connectivity index (χ4v) is 5.27. The number of nitrogens with zero attached hydrogens (tertiary/aromatic N) is 1. The molecule has 2 aliphatic rings. The van der Waals surface area contributed by atoms with Crippen LogP contribution >= 0.6 is 0 Å². The summed E-state index contributed by atoms with van der Waals surface area (Å²) in [6.07, 6.45) is 5.27. The maximum atomic E-state index is 13.0. The van der Waals surface area contributed by atoms with Crippen molar-refractivity contribution in [2.45, 2.75) is 44.7 Å². The van der Waals surface area contributed by atoms with Crippen LogP contribution < -0.4 is 10.6 Å². The Bertz CT molecular complexity index is 1170. The zero-order valence-electron chi connectivity index (χ0n) is 20.3. The number of H-pyrrole nitrogens is 1. The smallest absolute Gasteiger partial charge is 0.287 e. The molecule has 2 fully saturated rings. The molecule has 1 aliphatic heterocycles. The van der Waals surface area contributed by atoms with Crippen molar-refractivity contribution in [1.29, 1.82) is 0 Å². The Morgan fingerprint density at radius 3 is 2.66 bits per heavy atom. The molecule has 3 N–H and O–H groups in total. The first-order valence-electron chi connectivity index (χ1n) is 12.6. The third-order valence-corrected chi connectivity index (χ3v) is 7.23. The van der Waals surface area contributed by atoms with Crippen molar-refractivity contribution in [1.82, 2.24) is 20.5 Å². The van der Waals surface area contributed by atoms with Gasteiger partial charge in [0, 0.05) is 43.5 Å². The fourth-order valence-electron chi connectivity index (χ4n) is 5.27. The number of aromatic nitrogens is 1. The number of fused-ring (bicyclic) bond motifs is 1. The fraction of sp³-hybridized carbons (Fsp3) is 0.481. The van der Waals surface area contributed by atoms with Gasteiger partial charge in [0.05, 0.1) is 13.2 Å². The van der Waals surface area contributed by atoms with Gasteiger partial charge in [-0.1, -0.05) is 31.4 Å². The van der Waals surface area contributed by atoms with Gasteiger partial charge in [0.15, 0.2) is 5.76 Å². The highest BCUT2D eigenvalue weighted by atomic mass is 16.5. The molecule has 0 bridgehead atoms. The standard InChI is InChI=1S/C27H34N4O4/c1-28-27(33)25(18-5-3-2-4-6-18)30-26(32)24-10-9-23(35-24)20-8-7-19-15-21(29-22(19)16-20)17-31-11-13-34-14-12-31/h7-10,15-16,18,25,29H,2-6,11-14,17H2,1H3,(H,28,33)(H,30,32)/t25-/m0/s1. The van der Waals surface area contributed by atoms with Gasteiger partial charge in [0.2, 0.25) is 5.91 Å². The third kappa shape index (κ3) is 5.44. The molecule has 1 saturated carbocycles. The molecule has 0 spiro atoms. The van der Waals surface area contributed by atoms with Gasteiger partial charge >= 0.3 is 0 Å². The summed E-state index contributed by atoms with van der Waals surface area (Å²) < 4.78 is 11.4. The Labute approximate surface area is 205 Å². The Hall–Kier alpha value is -3.10. The van der Waals surface area contributed by atoms with Crippen molar-refractivity contribution in [3.05, 3.63) is 47.9 Å². The van der Waals surface area contributed by atoms with Crippen LogP contribution in [0.15, 0.2) is 40.8 Å². The quantitative estimate of drug-likeness (QED) is 0.481. The molecule has 2 amide bonds. The number of hydrogen-bond donors (Lipinski definition) is 3. The lowest BCUT2D eigenvalue weighted by molar-refractivity contribution is -0.124. The van der Waals surface area contributed by atoms with E-state index in [0.29, 0.717) is 5.76 Å². The van der Waals surface area contributed by atoms with Crippen molar-refractivity contribution < 1.29 is 18.7 Å². The van der Waals surface area contributed by atoms with Gasteiger partial charge in [-0.15, -0.1) is 0 Å². The van der Waals surface area contributed by atoms with E-state index in [2.05, 4.69) is 32.7 Å². The molecule has 3 heterocycles. The minimum atomic E-state index is -0.540. The van der Waals surface area contributed by atoms with Crippen LogP contribution in [0.25, 0.3) is 22.2 Å². The second kappa shape index (κ2) is 10.7. The molecule has 2 aromatic heterocycles. The lowest BCUT2D eigenvalue weighted by Gasteiger charge is -2.29. The van der Waals surface area contributed by atoms with E-state index in [-0.39, 0.29) is 23.5 Å². The Morgan fingerprint density at radius 2 is 1.89 bits per heavy atom. The molecule has 186 valence electrons. The van der Waals surface area contributed by atoms with Gasteiger partial charge in [-0.05, 0) is 48.4 Å². The first-order valence-corrected chi connectivity index (χ1v) is 12.6. The first-order chi connectivity index (χ1) is 17.1. The van der Waals surface area contributed by atoms with E-state index >= 15 is 0 Å². The van der Waals surface area contributed by atoms with Crippen molar-refractivity contribution in [3.8, 4) is 11.3 Å². The number of hydrogen-bond acceptors (Lipinski definition) is 5. The van der Waals surface area contributed by atoms with Crippen LogP contribution in [0, 0.1) is 5.92 Å². The number of aromatic amines is 1. The number of rotatable bonds is 7. The van der Waals surface area contributed by atoms with E-state index in [0.717, 1.165) is 75.0 Å². The summed E-state index contributed by atoms with van der Waals surface area (Å²) in [6.45, 7) is 4.32. The van der Waals surface area contributed by atoms with Crippen LogP contribution in [0.4, 0.5) is 0 Å². The van der Waals surface area contributed by atoms with E-state index in [1.165, 1.54) is 12.1 Å². The van der Waals surface area contributed by atoms with Crippen molar-refractivity contribution in [3.63, 3.8) is 0 Å². The van der Waals surface area contributed by atoms with E-state index in [1.54, 1.807) is 13.1 Å². The lowest BCUT2D eigenvalue weighted by Crippen LogP contribution is -2.50. The number of furan rings is 1. The minimum absolute atomic E-state index is 0.151. The molecule has 8 heteroatoms. The molecular weight excluding hydrogens is 444 g/mol. The van der Waals surface area contributed by atoms with E-state index < -0.39 is 6.04 Å². The third-order valence-electron chi connectivity index (χ3n) is 7.23. The van der Waals surface area contributed by atoms with Crippen LogP contribution in [0.1, 0.15) is 48.4 Å². The van der Waals surface area contributed by atoms with Gasteiger partial charge in [-0.3, -0.25) is 14.5 Å². The largest absolute Gasteiger partial charge is 0.451 e. The minimum Gasteiger partial charge on any atom is -0.451 e. The van der Waals surface area contributed by atoms with Gasteiger partial charge in [-0.2, -0.15) is 0 Å². The Balaban J connectivity index is 1.29. The normalized spacial score (nSPS) is 18.4. The molecule has 5 rings (SSSR count). The average Bonchev–Trinajstić information content (AvgIpc) is 3.54. The van der Waals surface area contributed by atoms with Crippen LogP contribution in [-0.4, -0.2) is 61.1 Å². The first kappa shape index (κ1) is 23.6. The number of nitrogens with one attached hydrogen (secondary N) is 3. The van der Waals surface area contributed by atoms with Crippen molar-refractivity contribution in [2.75, 3.05) is 33.4 Å². The van der Waals surface area contributed by atoms with Crippen LogP contribution in [0.5, 0.6) is 0 Å². The van der Waals surface area contributed by atoms with Crippen molar-refractivity contribution >= 4 is 22.7 Å². The Morgan fingerprint density at radius 1 is 1.09 bits per heavy atom. The topological polar surface area (TPSA) is 99.6 Å². The zero-order chi connectivity index (χ0) is 24.2. The SMILES string of the molecule is CNC(=O)[C@@H](NC(=O)c1ccc(-c2ccc3cc(CN4CCOCC4)[nH]c3c2)o1)C1CCCCC1. The molecule has 0 unspecified atom stereocenters.